The Kier molecular flexibility index (Phi) is 14.2. The molecule has 1 saturated heterocycles. The monoisotopic (exact) mass is 1030 g/mol. The van der Waals surface area contributed by atoms with Gasteiger partial charge in [0.2, 0.25) is 17.7 Å². The maximum Gasteiger partial charge on any atom is 0.287 e. The zero-order chi connectivity index (χ0) is 51.2. The number of carbonyl (C=O) groups excluding carboxylic acids is 4. The van der Waals surface area contributed by atoms with Crippen LogP contribution in [0.2, 0.25) is 5.02 Å². The first-order valence-corrected chi connectivity index (χ1v) is 25.8. The summed E-state index contributed by atoms with van der Waals surface area (Å²) in [5, 5.41) is 30.7. The number of β-amino-alcohol motifs (C(OH)–C–C–N with tert-alkyl or cyclic N) is 1. The molecular formula is C53H56ClN9O7S2. The van der Waals surface area contributed by atoms with Crippen LogP contribution in [0.1, 0.15) is 108 Å². The molecule has 0 spiro atoms. The van der Waals surface area contributed by atoms with Gasteiger partial charge in [-0.1, -0.05) is 68.8 Å². The molecule has 0 saturated carbocycles. The summed E-state index contributed by atoms with van der Waals surface area (Å²) in [6, 6.07) is 19.1. The first-order valence-electron chi connectivity index (χ1n) is 23.7. The maximum atomic E-state index is 14.4. The number of aliphatic hydroxyl groups is 1. The highest BCUT2D eigenvalue weighted by Crippen LogP contribution is 2.40. The lowest BCUT2D eigenvalue weighted by Gasteiger charge is -2.35. The van der Waals surface area contributed by atoms with Gasteiger partial charge in [-0.25, -0.2) is 4.98 Å². The minimum Gasteiger partial charge on any atom is -0.492 e. The third-order valence-electron chi connectivity index (χ3n) is 13.2. The normalized spacial score (nSPS) is 17.4. The van der Waals surface area contributed by atoms with Crippen LogP contribution in [0.15, 0.2) is 87.7 Å². The van der Waals surface area contributed by atoms with Crippen molar-refractivity contribution in [3.8, 4) is 21.2 Å². The SMILES string of the molecule is Cc1ncsc1-c1ccc([C@H](C)NC(=O)[C@@H]2C[C@@H](O)CN2C(=O)C(NC(=O)c2cc3ccc(OCCNC(=O)C[C@@H]4N=C(c5ccc(Cl)cc5)c5c(sc(C)c5C)-n5c(C)nnc54)cc3o2)C(C)(C)C)cc1. The average molecular weight is 1030 g/mol. The molecule has 374 valence electrons. The first kappa shape index (κ1) is 50.2. The number of rotatable bonds is 14. The second kappa shape index (κ2) is 20.4. The quantitative estimate of drug-likeness (QED) is 0.0764. The van der Waals surface area contributed by atoms with Crippen molar-refractivity contribution in [3.63, 3.8) is 0 Å². The zero-order valence-corrected chi connectivity index (χ0v) is 43.6. The Balaban J connectivity index is 0.815. The molecule has 0 radical (unpaired) electrons. The third-order valence-corrected chi connectivity index (χ3v) is 15.6. The molecule has 4 aromatic heterocycles. The largest absolute Gasteiger partial charge is 0.492 e. The predicted molar refractivity (Wildman–Crippen MR) is 278 cm³/mol. The molecule has 1 unspecified atom stereocenters. The molecule has 72 heavy (non-hydrogen) atoms. The summed E-state index contributed by atoms with van der Waals surface area (Å²) in [4.78, 5) is 68.7. The van der Waals surface area contributed by atoms with Crippen LogP contribution < -0.4 is 20.7 Å². The number of carbonyl (C=O) groups is 4. The fourth-order valence-corrected chi connectivity index (χ4v) is 11.3. The van der Waals surface area contributed by atoms with Crippen LogP contribution in [0.25, 0.3) is 26.4 Å². The van der Waals surface area contributed by atoms with Gasteiger partial charge in [0.15, 0.2) is 11.6 Å². The number of likely N-dealkylation sites (tertiary alicyclic amines) is 1. The minimum absolute atomic E-state index is 0.0209. The number of fused-ring (bicyclic) bond motifs is 4. The number of thiazole rings is 1. The standard InChI is InChI=1S/C53H56ClN9O7S2/c1-27-30(4)72-52-44(27)45(33-13-16-36(54)17-14-33)58-39(48-61-60-31(5)63(48)52)24-43(65)55-19-20-69-38-18-15-35-21-42(70-41(35)23-38)50(67)59-47(53(6,7)8)51(68)62-25-37(64)22-40(62)49(66)57-28(2)32-9-11-34(12-10-32)46-29(3)56-26-71-46/h9-18,21,23,26,28,37,39-40,47,64H,19-20,22,24-25H2,1-8H3,(H,55,65)(H,57,66)(H,59,67)/t28-,37+,39-,40-,47?/m0/s1. The van der Waals surface area contributed by atoms with Crippen LogP contribution >= 0.6 is 34.3 Å². The van der Waals surface area contributed by atoms with E-state index in [-0.39, 0.29) is 50.2 Å². The summed E-state index contributed by atoms with van der Waals surface area (Å²) >= 11 is 9.47. The van der Waals surface area contributed by atoms with Gasteiger partial charge in [0.1, 0.15) is 46.9 Å². The van der Waals surface area contributed by atoms with E-state index in [2.05, 4.69) is 45.0 Å². The molecule has 3 aromatic carbocycles. The van der Waals surface area contributed by atoms with Gasteiger partial charge in [-0.3, -0.25) is 28.7 Å². The third kappa shape index (κ3) is 10.3. The van der Waals surface area contributed by atoms with Gasteiger partial charge in [0.25, 0.3) is 5.91 Å². The molecule has 5 atom stereocenters. The van der Waals surface area contributed by atoms with Gasteiger partial charge >= 0.3 is 0 Å². The van der Waals surface area contributed by atoms with Crippen LogP contribution in [0.4, 0.5) is 0 Å². The Morgan fingerprint density at radius 2 is 1.69 bits per heavy atom. The fraction of sp³-hybridized carbons (Fsp3) is 0.358. The first-order chi connectivity index (χ1) is 34.3. The number of thiophene rings is 1. The summed E-state index contributed by atoms with van der Waals surface area (Å²) in [7, 11) is 0. The zero-order valence-electron chi connectivity index (χ0n) is 41.2. The van der Waals surface area contributed by atoms with Crippen molar-refractivity contribution < 1.29 is 33.4 Å². The van der Waals surface area contributed by atoms with E-state index in [1.54, 1.807) is 46.9 Å². The van der Waals surface area contributed by atoms with Crippen molar-refractivity contribution >= 4 is 74.6 Å². The number of hydrogen-bond acceptors (Lipinski definition) is 13. The Hall–Kier alpha value is -6.73. The number of nitrogens with zero attached hydrogens (tertiary/aromatic N) is 6. The van der Waals surface area contributed by atoms with E-state index in [1.165, 1.54) is 4.90 Å². The van der Waals surface area contributed by atoms with E-state index >= 15 is 0 Å². The smallest absolute Gasteiger partial charge is 0.287 e. The van der Waals surface area contributed by atoms with Gasteiger partial charge in [-0.2, -0.15) is 0 Å². The van der Waals surface area contributed by atoms with Crippen molar-refractivity contribution in [2.75, 3.05) is 19.7 Å². The van der Waals surface area contributed by atoms with Crippen molar-refractivity contribution in [2.24, 2.45) is 10.4 Å². The van der Waals surface area contributed by atoms with Crippen molar-refractivity contribution in [2.45, 2.75) is 98.5 Å². The van der Waals surface area contributed by atoms with Gasteiger partial charge in [0.05, 0.1) is 46.9 Å². The lowest BCUT2D eigenvalue weighted by molar-refractivity contribution is -0.142. The Morgan fingerprint density at radius 1 is 0.958 bits per heavy atom. The van der Waals surface area contributed by atoms with Gasteiger partial charge in [0, 0.05) is 45.4 Å². The van der Waals surface area contributed by atoms with Crippen LogP contribution in [-0.4, -0.2) is 97.0 Å². The van der Waals surface area contributed by atoms with Crippen LogP contribution in [0.3, 0.4) is 0 Å². The average Bonchev–Trinajstić information content (AvgIpc) is 4.18. The number of aromatic nitrogens is 4. The van der Waals surface area contributed by atoms with E-state index in [9.17, 15) is 24.3 Å². The second-order valence-electron chi connectivity index (χ2n) is 19.4. The molecule has 4 amide bonds. The highest BCUT2D eigenvalue weighted by Gasteiger charge is 2.45. The van der Waals surface area contributed by atoms with Gasteiger partial charge in [-0.15, -0.1) is 32.9 Å². The summed E-state index contributed by atoms with van der Waals surface area (Å²) in [6.45, 7) is 15.6. The summed E-state index contributed by atoms with van der Waals surface area (Å²) in [5.74, 6) is -0.0434. The number of furan rings is 1. The fourth-order valence-electron chi connectivity index (χ4n) is 9.17. The molecule has 2 aliphatic rings. The molecule has 19 heteroatoms. The molecule has 6 heterocycles. The Morgan fingerprint density at radius 3 is 2.40 bits per heavy atom. The topological polar surface area (TPSA) is 206 Å². The summed E-state index contributed by atoms with van der Waals surface area (Å²) in [5.41, 5.74) is 7.99. The number of aliphatic imine (C=N–C) groups is 1. The summed E-state index contributed by atoms with van der Waals surface area (Å²) in [6.07, 6.45) is -0.843. The number of aryl methyl sites for hydroxylation is 3. The number of ether oxygens (including phenoxy) is 1. The van der Waals surface area contributed by atoms with E-state index in [4.69, 9.17) is 25.7 Å². The van der Waals surface area contributed by atoms with Crippen LogP contribution in [0.5, 0.6) is 5.75 Å². The van der Waals surface area contributed by atoms with Gasteiger partial charge < -0.3 is 35.1 Å². The molecule has 9 rings (SSSR count). The highest BCUT2D eigenvalue weighted by atomic mass is 35.5. The molecule has 1 fully saturated rings. The molecule has 4 N–H and O–H groups in total. The lowest BCUT2D eigenvalue weighted by Crippen LogP contribution is -2.57. The van der Waals surface area contributed by atoms with E-state index in [0.29, 0.717) is 33.4 Å². The second-order valence-corrected chi connectivity index (χ2v) is 21.9. The number of hydrogen-bond donors (Lipinski definition) is 4. The van der Waals surface area contributed by atoms with Gasteiger partial charge in [-0.05, 0) is 87.1 Å². The maximum absolute atomic E-state index is 14.4. The van der Waals surface area contributed by atoms with Crippen molar-refractivity contribution in [1.82, 2.24) is 40.6 Å². The number of halogens is 1. The van der Waals surface area contributed by atoms with Crippen LogP contribution in [-0.2, 0) is 14.4 Å². The Labute approximate surface area is 429 Å². The Bertz CT molecular complexity index is 3220. The van der Waals surface area contributed by atoms with E-state index in [1.807, 2.05) is 100 Å². The molecule has 0 bridgehead atoms. The predicted octanol–water partition coefficient (Wildman–Crippen LogP) is 8.55. The molecule has 0 aliphatic carbocycles. The lowest BCUT2D eigenvalue weighted by atomic mass is 9.85. The van der Waals surface area contributed by atoms with Crippen molar-refractivity contribution in [3.05, 3.63) is 134 Å². The van der Waals surface area contributed by atoms with Crippen molar-refractivity contribution in [1.29, 1.82) is 0 Å². The number of aliphatic hydroxyl groups excluding tert-OH is 1. The number of amides is 4. The summed E-state index contributed by atoms with van der Waals surface area (Å²) < 4.78 is 14.0. The highest BCUT2D eigenvalue weighted by molar-refractivity contribution is 7.15. The van der Waals surface area contributed by atoms with E-state index in [0.717, 1.165) is 54.0 Å². The van der Waals surface area contributed by atoms with Crippen LogP contribution in [0, 0.1) is 33.1 Å². The van der Waals surface area contributed by atoms with E-state index < -0.39 is 47.4 Å². The molecule has 2 aliphatic heterocycles. The molecule has 16 nitrogen and oxygen atoms in total. The number of benzene rings is 3. The molecule has 7 aromatic rings. The minimum atomic E-state index is -1.07. The number of nitrogens with one attached hydrogen (secondary N) is 3. The molecular weight excluding hydrogens is 974 g/mol.